The normalized spacial score (nSPS) is 23.8. The number of rotatable bonds is 9. The quantitative estimate of drug-likeness (QED) is 0.172. The van der Waals surface area contributed by atoms with Crippen LogP contribution in [0.25, 0.3) is 20.4 Å². The van der Waals surface area contributed by atoms with Gasteiger partial charge in [-0.25, -0.2) is 19.9 Å². The number of aromatic nitrogens is 4. The highest BCUT2D eigenvalue weighted by Crippen LogP contribution is 2.41. The number of morpholine rings is 2. The van der Waals surface area contributed by atoms with E-state index >= 15 is 0 Å². The van der Waals surface area contributed by atoms with Crippen molar-refractivity contribution >= 4 is 78.2 Å². The Bertz CT molecular complexity index is 2070. The highest BCUT2D eigenvalue weighted by atomic mass is 35.5. The Morgan fingerprint density at radius 2 is 1.15 bits per heavy atom. The molecule has 10 rings (SSSR count). The van der Waals surface area contributed by atoms with Crippen LogP contribution in [-0.2, 0) is 44.7 Å². The third kappa shape index (κ3) is 10.9. The van der Waals surface area contributed by atoms with Crippen molar-refractivity contribution in [3.63, 3.8) is 0 Å². The van der Waals surface area contributed by atoms with Gasteiger partial charge in [0.2, 0.25) is 11.8 Å². The van der Waals surface area contributed by atoms with E-state index in [1.807, 2.05) is 27.6 Å². The molecule has 14 nitrogen and oxygen atoms in total. The maximum atomic E-state index is 12.6. The number of hydrogen-bond acceptors (Lipinski definition) is 14. The fraction of sp³-hybridized carbons (Fsp3) is 0.682. The molecule has 6 aliphatic rings. The molecule has 2 aliphatic heterocycles. The summed E-state index contributed by atoms with van der Waals surface area (Å²) in [6, 6.07) is 2.17. The Morgan fingerprint density at radius 3 is 1.62 bits per heavy atom. The zero-order valence-corrected chi connectivity index (χ0v) is 38.3. The van der Waals surface area contributed by atoms with E-state index in [-0.39, 0.29) is 17.7 Å². The van der Waals surface area contributed by atoms with Crippen molar-refractivity contribution in [2.45, 2.75) is 114 Å². The highest BCUT2D eigenvalue weighted by molar-refractivity contribution is 7.19. The maximum Gasteiger partial charge on any atom is 0.237 e. The first-order valence-electron chi connectivity index (χ1n) is 22.6. The van der Waals surface area contributed by atoms with E-state index in [4.69, 9.17) is 21.1 Å². The van der Waals surface area contributed by atoms with Gasteiger partial charge in [0.25, 0.3) is 0 Å². The van der Waals surface area contributed by atoms with E-state index in [9.17, 15) is 9.59 Å². The van der Waals surface area contributed by atoms with Crippen molar-refractivity contribution in [3.8, 4) is 0 Å². The second-order valence-corrected chi connectivity index (χ2v) is 19.6. The Balaban J connectivity index is 0.000000143. The molecule has 17 heteroatoms. The lowest BCUT2D eigenvalue weighted by Crippen LogP contribution is -2.48. The molecule has 0 bridgehead atoms. The molecule has 0 unspecified atom stereocenters. The third-order valence-electron chi connectivity index (χ3n) is 13.4. The average molecular weight is 896 g/mol. The van der Waals surface area contributed by atoms with Crippen LogP contribution in [0.1, 0.15) is 85.1 Å². The Morgan fingerprint density at radius 1 is 0.689 bits per heavy atom. The molecule has 4 fully saturated rings. The van der Waals surface area contributed by atoms with Crippen molar-refractivity contribution in [1.29, 1.82) is 0 Å². The molecule has 61 heavy (non-hydrogen) atoms. The number of anilines is 2. The lowest BCUT2D eigenvalue weighted by molar-refractivity contribution is -0.136. The minimum Gasteiger partial charge on any atom is -0.378 e. The first-order chi connectivity index (χ1) is 29.9. The summed E-state index contributed by atoms with van der Waals surface area (Å²) in [6.07, 6.45) is 20.1. The van der Waals surface area contributed by atoms with Crippen LogP contribution in [-0.4, -0.2) is 150 Å². The van der Waals surface area contributed by atoms with Gasteiger partial charge < -0.3 is 35.2 Å². The number of alkyl halides is 1. The zero-order valence-electron chi connectivity index (χ0n) is 35.9. The predicted octanol–water partition coefficient (Wildman–Crippen LogP) is 5.90. The number of amides is 2. The summed E-state index contributed by atoms with van der Waals surface area (Å²) in [5.41, 5.74) is 3.00. The van der Waals surface area contributed by atoms with Crippen molar-refractivity contribution in [2.24, 2.45) is 0 Å². The zero-order chi connectivity index (χ0) is 42.1. The van der Waals surface area contributed by atoms with Crippen molar-refractivity contribution in [3.05, 3.63) is 33.5 Å². The minimum absolute atomic E-state index is 0.00460. The second kappa shape index (κ2) is 21.4. The highest BCUT2D eigenvalue weighted by Gasteiger charge is 2.29. The van der Waals surface area contributed by atoms with Crippen LogP contribution in [0, 0.1) is 0 Å². The topological polar surface area (TPSA) is 150 Å². The predicted molar refractivity (Wildman–Crippen MR) is 245 cm³/mol. The van der Waals surface area contributed by atoms with Gasteiger partial charge in [-0.05, 0) is 115 Å². The molecule has 0 radical (unpaired) electrons. The Kier molecular flexibility index (Phi) is 15.6. The van der Waals surface area contributed by atoms with Crippen molar-refractivity contribution in [1.82, 2.24) is 40.0 Å². The molecule has 4 aliphatic carbocycles. The van der Waals surface area contributed by atoms with Crippen molar-refractivity contribution < 1.29 is 19.1 Å². The van der Waals surface area contributed by atoms with Crippen LogP contribution in [0.15, 0.2) is 12.7 Å². The minimum atomic E-state index is 0.00460. The third-order valence-corrected chi connectivity index (χ3v) is 16.0. The van der Waals surface area contributed by atoms with Gasteiger partial charge in [-0.3, -0.25) is 14.5 Å². The molecular formula is C44H63ClN10O4S2. The summed E-state index contributed by atoms with van der Waals surface area (Å²) in [4.78, 5) is 52.9. The lowest BCUT2D eigenvalue weighted by Gasteiger charge is -2.36. The summed E-state index contributed by atoms with van der Waals surface area (Å²) in [5, 5.41) is 13.4. The number of carbonyl (C=O) groups excluding carboxylic acids is 2. The molecule has 4 aromatic rings. The molecule has 0 aromatic carbocycles. The van der Waals surface area contributed by atoms with E-state index in [0.717, 1.165) is 61.7 Å². The number of hydrogen-bond donors (Lipinski definition) is 3. The van der Waals surface area contributed by atoms with Gasteiger partial charge in [0.05, 0.1) is 43.7 Å². The molecule has 0 spiro atoms. The Labute approximate surface area is 372 Å². The van der Waals surface area contributed by atoms with Gasteiger partial charge in [0.1, 0.15) is 39.8 Å². The number of thiophene rings is 2. The lowest BCUT2D eigenvalue weighted by atomic mass is 9.90. The monoisotopic (exact) mass is 894 g/mol. The van der Waals surface area contributed by atoms with Crippen LogP contribution in [0.4, 0.5) is 11.6 Å². The number of nitrogens with zero attached hydrogens (tertiary/aromatic N) is 7. The van der Waals surface area contributed by atoms with Crippen LogP contribution in [0.2, 0.25) is 0 Å². The van der Waals surface area contributed by atoms with E-state index < -0.39 is 0 Å². The summed E-state index contributed by atoms with van der Waals surface area (Å²) in [7, 11) is 4.17. The molecule has 2 saturated carbocycles. The standard InChI is InChI=1S/C22H31N5O2S.C16H22N4S.C6H10ClNO2/c1-26(13-19(28)27-9-11-29-12-10-27)16-7-5-15(6-8-16)25-21-20-17-3-2-4-18(17)30-22(20)24-14-23-21;1-17-10-5-7-11(8-6-10)20-15-14-12-3-2-4-13(12)21-16(14)19-9-18-15;7-5-6(9)8-1-3-10-4-2-8/h14-16H,2-13H2,1H3,(H,23,24,25);9-11,17H,2-8H2,1H3,(H,18,19,20);1-5H2. The number of carbonyl (C=O) groups is 2. The summed E-state index contributed by atoms with van der Waals surface area (Å²) < 4.78 is 10.4. The molecule has 332 valence electrons. The van der Waals surface area contributed by atoms with Crippen molar-refractivity contribution in [2.75, 3.05) is 89.8 Å². The molecule has 2 saturated heterocycles. The molecule has 3 N–H and O–H groups in total. The van der Waals surface area contributed by atoms with Crippen LogP contribution in [0.3, 0.4) is 0 Å². The maximum absolute atomic E-state index is 12.6. The van der Waals surface area contributed by atoms with Crippen LogP contribution in [0.5, 0.6) is 0 Å². The SMILES string of the molecule is CN(CC(=O)N1CCOCC1)C1CCC(Nc2ncnc3sc4c(c23)CCC4)CC1.CNC1CCC(Nc2ncnc3sc4c(c23)CCC4)CC1.O=C(CCl)N1CCOCC1. The number of fused-ring (bicyclic) bond motifs is 6. The van der Waals surface area contributed by atoms with Crippen LogP contribution >= 0.6 is 34.3 Å². The van der Waals surface area contributed by atoms with E-state index in [2.05, 4.69) is 54.9 Å². The smallest absolute Gasteiger partial charge is 0.237 e. The largest absolute Gasteiger partial charge is 0.378 e. The number of nitrogens with one attached hydrogen (secondary N) is 3. The van der Waals surface area contributed by atoms with Crippen LogP contribution < -0.4 is 16.0 Å². The van der Waals surface area contributed by atoms with Gasteiger partial charge in [0, 0.05) is 60.1 Å². The van der Waals surface area contributed by atoms with Gasteiger partial charge in [-0.1, -0.05) is 0 Å². The summed E-state index contributed by atoms with van der Waals surface area (Å²) in [6.45, 7) is 5.94. The Hall–Kier alpha value is -3.25. The van der Waals surface area contributed by atoms with Gasteiger partial charge in [-0.15, -0.1) is 34.3 Å². The second-order valence-electron chi connectivity index (χ2n) is 17.2. The van der Waals surface area contributed by atoms with E-state index in [1.165, 1.54) is 94.3 Å². The van der Waals surface area contributed by atoms with Gasteiger partial charge >= 0.3 is 0 Å². The molecular weight excluding hydrogens is 832 g/mol. The fourth-order valence-electron chi connectivity index (χ4n) is 9.80. The number of likely N-dealkylation sites (N-methyl/N-ethyl adjacent to an activating group) is 1. The van der Waals surface area contributed by atoms with Gasteiger partial charge in [0.15, 0.2) is 0 Å². The molecule has 6 heterocycles. The molecule has 0 atom stereocenters. The van der Waals surface area contributed by atoms with Gasteiger partial charge in [-0.2, -0.15) is 0 Å². The molecule has 4 aromatic heterocycles. The first-order valence-corrected chi connectivity index (χ1v) is 24.7. The summed E-state index contributed by atoms with van der Waals surface area (Å²) >= 11 is 9.06. The number of ether oxygens (including phenoxy) is 2. The average Bonchev–Trinajstić information content (AvgIpc) is 4.11. The number of halogens is 1. The summed E-state index contributed by atoms with van der Waals surface area (Å²) in [5.74, 6) is 2.42. The first kappa shape index (κ1) is 44.4. The number of aryl methyl sites for hydroxylation is 4. The molecule has 2 amide bonds. The van der Waals surface area contributed by atoms with E-state index in [1.54, 1.807) is 17.6 Å². The van der Waals surface area contributed by atoms with E-state index in [0.29, 0.717) is 70.2 Å². The fourth-order valence-corrected chi connectivity index (χ4v) is 12.4.